The minimum atomic E-state index is -0.265. The molecule has 0 saturated carbocycles. The first-order valence-corrected chi connectivity index (χ1v) is 6.72. The number of rotatable bonds is 2. The van der Waals surface area contributed by atoms with Crippen molar-refractivity contribution >= 4 is 5.97 Å². The number of benzene rings is 2. The van der Waals surface area contributed by atoms with Gasteiger partial charge in [0.1, 0.15) is 18.0 Å². The summed E-state index contributed by atoms with van der Waals surface area (Å²) >= 11 is 0. The van der Waals surface area contributed by atoms with Crippen LogP contribution < -0.4 is 4.74 Å². The van der Waals surface area contributed by atoms with Crippen molar-refractivity contribution in [1.82, 2.24) is 0 Å². The molecule has 0 bridgehead atoms. The summed E-state index contributed by atoms with van der Waals surface area (Å²) in [7, 11) is 0. The van der Waals surface area contributed by atoms with Crippen LogP contribution in [0.2, 0.25) is 0 Å². The van der Waals surface area contributed by atoms with Gasteiger partial charge >= 0.3 is 5.97 Å². The van der Waals surface area contributed by atoms with Gasteiger partial charge in [-0.15, -0.1) is 0 Å². The van der Waals surface area contributed by atoms with Crippen LogP contribution in [0.15, 0.2) is 54.6 Å². The summed E-state index contributed by atoms with van der Waals surface area (Å²) in [6.07, 6.45) is 0.304. The monoisotopic (exact) mass is 268 g/mol. The SMILES string of the molecule is CC(=O)O[C@H]1C[C@H](c2ccccc2)Oc2ccccc21. The zero-order chi connectivity index (χ0) is 13.9. The summed E-state index contributed by atoms with van der Waals surface area (Å²) in [5.74, 6) is 0.525. The first-order valence-electron chi connectivity index (χ1n) is 6.72. The molecule has 2 aromatic rings. The van der Waals surface area contributed by atoms with Crippen molar-refractivity contribution in [1.29, 1.82) is 0 Å². The molecule has 1 aliphatic rings. The van der Waals surface area contributed by atoms with Gasteiger partial charge in [0, 0.05) is 18.9 Å². The standard InChI is InChI=1S/C17H16O3/c1-12(18)19-17-11-16(13-7-3-2-4-8-13)20-15-10-6-5-9-14(15)17/h2-10,16-17H,11H2,1H3/t16-,17+/m1/s1. The highest BCUT2D eigenvalue weighted by atomic mass is 16.6. The molecule has 0 unspecified atom stereocenters. The highest BCUT2D eigenvalue weighted by Gasteiger charge is 2.30. The summed E-state index contributed by atoms with van der Waals surface area (Å²) in [4.78, 5) is 11.3. The van der Waals surface area contributed by atoms with Gasteiger partial charge in [-0.25, -0.2) is 0 Å². The fourth-order valence-electron chi connectivity index (χ4n) is 2.56. The van der Waals surface area contributed by atoms with Gasteiger partial charge < -0.3 is 9.47 Å². The molecule has 2 aromatic carbocycles. The number of hydrogen-bond donors (Lipinski definition) is 0. The molecule has 0 amide bonds. The summed E-state index contributed by atoms with van der Waals surface area (Å²) in [6, 6.07) is 17.7. The van der Waals surface area contributed by atoms with Crippen molar-refractivity contribution in [2.75, 3.05) is 0 Å². The van der Waals surface area contributed by atoms with E-state index in [0.29, 0.717) is 6.42 Å². The molecule has 3 heteroatoms. The lowest BCUT2D eigenvalue weighted by molar-refractivity contribution is -0.149. The number of ether oxygens (including phenoxy) is 2. The summed E-state index contributed by atoms with van der Waals surface area (Å²) < 4.78 is 11.5. The smallest absolute Gasteiger partial charge is 0.303 e. The van der Waals surface area contributed by atoms with Gasteiger partial charge in [0.05, 0.1) is 0 Å². The normalized spacial score (nSPS) is 20.6. The highest BCUT2D eigenvalue weighted by molar-refractivity contribution is 5.66. The average molecular weight is 268 g/mol. The molecule has 3 nitrogen and oxygen atoms in total. The zero-order valence-electron chi connectivity index (χ0n) is 11.3. The van der Waals surface area contributed by atoms with E-state index >= 15 is 0 Å². The average Bonchev–Trinajstić information content (AvgIpc) is 2.47. The lowest BCUT2D eigenvalue weighted by Crippen LogP contribution is -2.22. The molecule has 0 N–H and O–H groups in total. The van der Waals surface area contributed by atoms with Crippen LogP contribution in [-0.4, -0.2) is 5.97 Å². The van der Waals surface area contributed by atoms with Crippen LogP contribution in [-0.2, 0) is 9.53 Å². The molecule has 0 aromatic heterocycles. The Bertz CT molecular complexity index is 607. The summed E-state index contributed by atoms with van der Waals surface area (Å²) in [6.45, 7) is 1.44. The Morgan fingerprint density at radius 2 is 1.80 bits per heavy atom. The fourth-order valence-corrected chi connectivity index (χ4v) is 2.56. The molecule has 0 spiro atoms. The second-order valence-electron chi connectivity index (χ2n) is 4.89. The second kappa shape index (κ2) is 5.37. The Balaban J connectivity index is 1.94. The van der Waals surface area contributed by atoms with Crippen LogP contribution in [0, 0.1) is 0 Å². The Labute approximate surface area is 118 Å². The van der Waals surface area contributed by atoms with Crippen molar-refractivity contribution in [2.24, 2.45) is 0 Å². The lowest BCUT2D eigenvalue weighted by atomic mass is 9.95. The van der Waals surface area contributed by atoms with E-state index in [-0.39, 0.29) is 18.2 Å². The van der Waals surface area contributed by atoms with Crippen molar-refractivity contribution in [3.8, 4) is 5.75 Å². The molecule has 1 heterocycles. The number of hydrogen-bond acceptors (Lipinski definition) is 3. The number of esters is 1. The number of fused-ring (bicyclic) bond motifs is 1. The Morgan fingerprint density at radius 1 is 1.10 bits per heavy atom. The van der Waals surface area contributed by atoms with E-state index in [1.165, 1.54) is 6.92 Å². The Hall–Kier alpha value is -2.29. The second-order valence-corrected chi connectivity index (χ2v) is 4.89. The van der Waals surface area contributed by atoms with Crippen LogP contribution in [0.5, 0.6) is 5.75 Å². The molecule has 2 atom stereocenters. The van der Waals surface area contributed by atoms with E-state index in [1.54, 1.807) is 0 Å². The van der Waals surface area contributed by atoms with Crippen molar-refractivity contribution in [2.45, 2.75) is 25.6 Å². The molecular weight excluding hydrogens is 252 g/mol. The van der Waals surface area contributed by atoms with E-state index in [4.69, 9.17) is 9.47 Å². The third-order valence-corrected chi connectivity index (χ3v) is 3.44. The minimum Gasteiger partial charge on any atom is -0.485 e. The first-order chi connectivity index (χ1) is 9.74. The number of carbonyl (C=O) groups is 1. The molecule has 0 fully saturated rings. The van der Waals surface area contributed by atoms with Gasteiger partial charge in [0.25, 0.3) is 0 Å². The molecular formula is C17H16O3. The zero-order valence-corrected chi connectivity index (χ0v) is 11.3. The van der Waals surface area contributed by atoms with E-state index in [0.717, 1.165) is 16.9 Å². The Kier molecular flexibility index (Phi) is 3.42. The van der Waals surface area contributed by atoms with Crippen molar-refractivity contribution in [3.05, 3.63) is 65.7 Å². The fraction of sp³-hybridized carbons (Fsp3) is 0.235. The molecule has 1 aliphatic heterocycles. The van der Waals surface area contributed by atoms with Crippen LogP contribution in [0.25, 0.3) is 0 Å². The third-order valence-electron chi connectivity index (χ3n) is 3.44. The lowest BCUT2D eigenvalue weighted by Gasteiger charge is -2.31. The third kappa shape index (κ3) is 2.52. The van der Waals surface area contributed by atoms with Gasteiger partial charge in [0.2, 0.25) is 0 Å². The van der Waals surface area contributed by atoms with Crippen LogP contribution in [0.4, 0.5) is 0 Å². The molecule has 0 saturated heterocycles. The molecule has 0 aliphatic carbocycles. The molecule has 0 radical (unpaired) electrons. The van der Waals surface area contributed by atoms with Crippen LogP contribution in [0.1, 0.15) is 36.7 Å². The van der Waals surface area contributed by atoms with Gasteiger partial charge in [-0.1, -0.05) is 48.5 Å². The summed E-state index contributed by atoms with van der Waals surface area (Å²) in [5, 5.41) is 0. The van der Waals surface area contributed by atoms with Gasteiger partial charge in [-0.2, -0.15) is 0 Å². The van der Waals surface area contributed by atoms with Gasteiger partial charge in [0.15, 0.2) is 0 Å². The first kappa shape index (κ1) is 12.7. The van der Waals surface area contributed by atoms with E-state index < -0.39 is 0 Å². The Morgan fingerprint density at radius 3 is 2.55 bits per heavy atom. The van der Waals surface area contributed by atoms with Crippen molar-refractivity contribution in [3.63, 3.8) is 0 Å². The predicted molar refractivity (Wildman–Crippen MR) is 75.4 cm³/mol. The minimum absolute atomic E-state index is 0.0875. The predicted octanol–water partition coefficient (Wildman–Crippen LogP) is 3.81. The molecule has 102 valence electrons. The van der Waals surface area contributed by atoms with E-state index in [1.807, 2.05) is 54.6 Å². The van der Waals surface area contributed by atoms with Crippen LogP contribution >= 0.6 is 0 Å². The van der Waals surface area contributed by atoms with Gasteiger partial charge in [-0.3, -0.25) is 4.79 Å². The topological polar surface area (TPSA) is 35.5 Å². The van der Waals surface area contributed by atoms with E-state index in [9.17, 15) is 4.79 Å². The van der Waals surface area contributed by atoms with Crippen LogP contribution in [0.3, 0.4) is 0 Å². The molecule has 20 heavy (non-hydrogen) atoms. The highest BCUT2D eigenvalue weighted by Crippen LogP contribution is 2.42. The van der Waals surface area contributed by atoms with Gasteiger partial charge in [-0.05, 0) is 11.6 Å². The summed E-state index contributed by atoms with van der Waals surface area (Å²) in [5.41, 5.74) is 2.04. The van der Waals surface area contributed by atoms with E-state index in [2.05, 4.69) is 0 Å². The maximum absolute atomic E-state index is 11.3. The quantitative estimate of drug-likeness (QED) is 0.777. The maximum atomic E-state index is 11.3. The maximum Gasteiger partial charge on any atom is 0.303 e. The largest absolute Gasteiger partial charge is 0.485 e. The van der Waals surface area contributed by atoms with Crippen molar-refractivity contribution < 1.29 is 14.3 Å². The molecule has 3 rings (SSSR count). The number of carbonyl (C=O) groups excluding carboxylic acids is 1. The number of para-hydroxylation sites is 1.